The highest BCUT2D eigenvalue weighted by Crippen LogP contribution is 2.25. The van der Waals surface area contributed by atoms with Gasteiger partial charge in [-0.3, -0.25) is 0 Å². The predicted molar refractivity (Wildman–Crippen MR) is 85.3 cm³/mol. The number of benzene rings is 2. The van der Waals surface area contributed by atoms with E-state index in [9.17, 15) is 14.2 Å². The number of hydrogen-bond acceptors (Lipinski definition) is 9. The Balaban J connectivity index is 1.77. The standard InChI is InChI=1S/C16H14O9P/c17-9-11-1-5-13(6-2-11)15(19)22-24-26(21)25-23-16(20)14-7-3-12(10-18)4-8-14/h1-8,17-18H,9-10H2/q+1. The van der Waals surface area contributed by atoms with E-state index in [2.05, 4.69) is 19.1 Å². The minimum absolute atomic E-state index is 0.0894. The number of carbonyl (C=O) groups excluding carboxylic acids is 2. The molecule has 136 valence electrons. The Bertz CT molecular complexity index is 706. The molecule has 0 saturated heterocycles. The van der Waals surface area contributed by atoms with E-state index in [0.717, 1.165) is 0 Å². The van der Waals surface area contributed by atoms with Crippen LogP contribution in [0.1, 0.15) is 31.8 Å². The van der Waals surface area contributed by atoms with E-state index in [4.69, 9.17) is 10.2 Å². The summed E-state index contributed by atoms with van der Waals surface area (Å²) in [6.07, 6.45) is 0. The van der Waals surface area contributed by atoms with Crippen molar-refractivity contribution in [2.75, 3.05) is 0 Å². The third-order valence-corrected chi connectivity index (χ3v) is 3.48. The molecule has 0 saturated carbocycles. The molecule has 2 rings (SSSR count). The van der Waals surface area contributed by atoms with Gasteiger partial charge < -0.3 is 10.2 Å². The van der Waals surface area contributed by atoms with Crippen LogP contribution < -0.4 is 0 Å². The number of hydrogen-bond donors (Lipinski definition) is 2. The third kappa shape index (κ3) is 5.69. The van der Waals surface area contributed by atoms with Gasteiger partial charge in [0.15, 0.2) is 0 Å². The second kappa shape index (κ2) is 9.71. The summed E-state index contributed by atoms with van der Waals surface area (Å²) >= 11 is 0. The second-order valence-corrected chi connectivity index (χ2v) is 5.57. The van der Waals surface area contributed by atoms with Crippen molar-refractivity contribution in [3.8, 4) is 0 Å². The largest absolute Gasteiger partial charge is 0.780 e. The van der Waals surface area contributed by atoms with Crippen LogP contribution in [0.5, 0.6) is 0 Å². The Kier molecular flexibility index (Phi) is 7.34. The lowest BCUT2D eigenvalue weighted by atomic mass is 10.1. The summed E-state index contributed by atoms with van der Waals surface area (Å²) in [4.78, 5) is 31.9. The molecule has 0 aliphatic rings. The molecule has 26 heavy (non-hydrogen) atoms. The van der Waals surface area contributed by atoms with Crippen molar-refractivity contribution in [1.82, 2.24) is 0 Å². The molecule has 0 aromatic heterocycles. The molecule has 0 bridgehead atoms. The van der Waals surface area contributed by atoms with E-state index in [0.29, 0.717) is 11.1 Å². The molecule has 0 fully saturated rings. The topological polar surface area (TPSA) is 129 Å². The molecule has 9 nitrogen and oxygen atoms in total. The normalized spacial score (nSPS) is 10.2. The molecular formula is C16H14O9P+. The van der Waals surface area contributed by atoms with Gasteiger partial charge in [0.25, 0.3) is 0 Å². The molecule has 0 radical (unpaired) electrons. The van der Waals surface area contributed by atoms with Crippen LogP contribution in [0.2, 0.25) is 0 Å². The quantitative estimate of drug-likeness (QED) is 0.402. The van der Waals surface area contributed by atoms with Gasteiger partial charge in [0.05, 0.1) is 24.3 Å². The summed E-state index contributed by atoms with van der Waals surface area (Å²) in [5, 5.41) is 17.8. The first-order valence-corrected chi connectivity index (χ1v) is 8.28. The minimum Gasteiger partial charge on any atom is -0.392 e. The molecule has 2 aromatic carbocycles. The molecule has 2 aromatic rings. The Morgan fingerprint density at radius 1 is 0.731 bits per heavy atom. The van der Waals surface area contributed by atoms with Crippen LogP contribution >= 0.6 is 8.25 Å². The van der Waals surface area contributed by atoms with Crippen LogP contribution in [-0.2, 0) is 36.9 Å². The van der Waals surface area contributed by atoms with Crippen LogP contribution in [0.25, 0.3) is 0 Å². The number of rotatable bonds is 8. The minimum atomic E-state index is -3.06. The Labute approximate surface area is 148 Å². The SMILES string of the molecule is O=C(OO[P+](=O)OOC(=O)c1ccc(CO)cc1)c1ccc(CO)cc1. The molecule has 0 aliphatic heterocycles. The molecule has 2 N–H and O–H groups in total. The lowest BCUT2D eigenvalue weighted by Gasteiger charge is -1.99. The molecule has 10 heteroatoms. The first-order chi connectivity index (χ1) is 12.5. The van der Waals surface area contributed by atoms with Crippen molar-refractivity contribution in [2.24, 2.45) is 0 Å². The molecule has 0 aliphatic carbocycles. The monoisotopic (exact) mass is 381 g/mol. The summed E-state index contributed by atoms with van der Waals surface area (Å²) in [5.74, 6) is -1.90. The zero-order valence-corrected chi connectivity index (χ0v) is 14.1. The average Bonchev–Trinajstić information content (AvgIpc) is 2.70. The van der Waals surface area contributed by atoms with Gasteiger partial charge in [-0.15, -0.1) is 0 Å². The van der Waals surface area contributed by atoms with Crippen molar-refractivity contribution in [3.05, 3.63) is 70.8 Å². The molecule has 0 spiro atoms. The van der Waals surface area contributed by atoms with Crippen molar-refractivity contribution >= 4 is 20.2 Å². The Morgan fingerprint density at radius 2 is 1.08 bits per heavy atom. The maximum atomic E-state index is 11.6. The van der Waals surface area contributed by atoms with Crippen LogP contribution in [0.4, 0.5) is 0 Å². The van der Waals surface area contributed by atoms with Gasteiger partial charge in [-0.1, -0.05) is 24.3 Å². The smallest absolute Gasteiger partial charge is 0.392 e. The lowest BCUT2D eigenvalue weighted by molar-refractivity contribution is -0.201. The lowest BCUT2D eigenvalue weighted by Crippen LogP contribution is -2.06. The van der Waals surface area contributed by atoms with Crippen molar-refractivity contribution in [3.63, 3.8) is 0 Å². The van der Waals surface area contributed by atoms with Gasteiger partial charge in [-0.05, 0) is 35.4 Å². The molecular weight excluding hydrogens is 367 g/mol. The van der Waals surface area contributed by atoms with Crippen molar-refractivity contribution in [2.45, 2.75) is 13.2 Å². The summed E-state index contributed by atoms with van der Waals surface area (Å²) in [7, 11) is -3.06. The van der Waals surface area contributed by atoms with E-state index in [1.54, 1.807) is 0 Å². The van der Waals surface area contributed by atoms with Gasteiger partial charge in [0.1, 0.15) is 9.35 Å². The van der Waals surface area contributed by atoms with Crippen LogP contribution in [0.3, 0.4) is 0 Å². The highest BCUT2D eigenvalue weighted by Gasteiger charge is 2.30. The van der Waals surface area contributed by atoms with Crippen molar-refractivity contribution in [1.29, 1.82) is 0 Å². The van der Waals surface area contributed by atoms with Crippen LogP contribution in [0, 0.1) is 0 Å². The van der Waals surface area contributed by atoms with E-state index < -0.39 is 20.2 Å². The van der Waals surface area contributed by atoms with Gasteiger partial charge in [0, 0.05) is 4.57 Å². The molecule has 0 amide bonds. The zero-order valence-electron chi connectivity index (χ0n) is 13.2. The maximum Gasteiger partial charge on any atom is 0.780 e. The third-order valence-electron chi connectivity index (χ3n) is 3.09. The summed E-state index contributed by atoms with van der Waals surface area (Å²) in [5.41, 5.74) is 1.37. The second-order valence-electron chi connectivity index (χ2n) is 4.82. The first-order valence-electron chi connectivity index (χ1n) is 7.18. The van der Waals surface area contributed by atoms with Gasteiger partial charge in [-0.2, -0.15) is 0 Å². The number of aliphatic hydroxyl groups excluding tert-OH is 2. The highest BCUT2D eigenvalue weighted by molar-refractivity contribution is 7.33. The maximum absolute atomic E-state index is 11.6. The first kappa shape index (κ1) is 19.6. The fraction of sp³-hybridized carbons (Fsp3) is 0.125. The van der Waals surface area contributed by atoms with Gasteiger partial charge >= 0.3 is 20.2 Å². The van der Waals surface area contributed by atoms with Crippen LogP contribution in [-0.4, -0.2) is 22.2 Å². The molecule has 0 atom stereocenters. The van der Waals surface area contributed by atoms with Crippen LogP contribution in [0.15, 0.2) is 48.5 Å². The van der Waals surface area contributed by atoms with E-state index in [1.807, 2.05) is 0 Å². The average molecular weight is 381 g/mol. The van der Waals surface area contributed by atoms with Crippen molar-refractivity contribution < 1.29 is 43.5 Å². The summed E-state index contributed by atoms with van der Waals surface area (Å²) < 4.78 is 19.8. The highest BCUT2D eigenvalue weighted by atomic mass is 31.1. The summed E-state index contributed by atoms with van der Waals surface area (Å²) in [6.45, 7) is -0.362. The fourth-order valence-electron chi connectivity index (χ4n) is 1.73. The van der Waals surface area contributed by atoms with E-state index in [1.165, 1.54) is 48.5 Å². The zero-order chi connectivity index (χ0) is 18.9. The summed E-state index contributed by atoms with van der Waals surface area (Å²) in [6, 6.07) is 11.5. The number of aliphatic hydroxyl groups is 2. The van der Waals surface area contributed by atoms with Gasteiger partial charge in [-0.25, -0.2) is 19.4 Å². The fourth-order valence-corrected chi connectivity index (χ4v) is 2.01. The number of carbonyl (C=O) groups is 2. The van der Waals surface area contributed by atoms with E-state index >= 15 is 0 Å². The molecule has 0 heterocycles. The Hall–Kier alpha value is -2.68. The molecule has 0 unspecified atom stereocenters. The Morgan fingerprint density at radius 3 is 1.38 bits per heavy atom. The van der Waals surface area contributed by atoms with Gasteiger partial charge in [0.2, 0.25) is 0 Å². The van der Waals surface area contributed by atoms with E-state index in [-0.39, 0.29) is 24.3 Å². The predicted octanol–water partition coefficient (Wildman–Crippen LogP) is 2.21.